The number of esters is 1. The van der Waals surface area contributed by atoms with Crippen molar-refractivity contribution in [1.29, 1.82) is 0 Å². The van der Waals surface area contributed by atoms with Crippen LogP contribution in [0.25, 0.3) is 16.5 Å². The monoisotopic (exact) mass is 247 g/mol. The van der Waals surface area contributed by atoms with Crippen LogP contribution in [0, 0.1) is 0 Å². The van der Waals surface area contributed by atoms with Crippen LogP contribution in [-0.4, -0.2) is 19.7 Å². The van der Waals surface area contributed by atoms with Gasteiger partial charge in [0.2, 0.25) is 0 Å². The molecule has 0 fully saturated rings. The summed E-state index contributed by atoms with van der Waals surface area (Å²) in [6.07, 6.45) is 1.43. The lowest BCUT2D eigenvalue weighted by Crippen LogP contribution is -2.05. The number of hydrogen-bond acceptors (Lipinski definition) is 4. The molecule has 94 valence electrons. The summed E-state index contributed by atoms with van der Waals surface area (Å²) in [5.41, 5.74) is 8.96. The fourth-order valence-corrected chi connectivity index (χ4v) is 1.31. The van der Waals surface area contributed by atoms with Gasteiger partial charge in [0.15, 0.2) is 0 Å². The highest BCUT2D eigenvalue weighted by molar-refractivity contribution is 5.93. The molecule has 1 aromatic carbocycles. The molecule has 0 aliphatic heterocycles. The summed E-state index contributed by atoms with van der Waals surface area (Å²) < 4.78 is 9.92. The van der Waals surface area contributed by atoms with Gasteiger partial charge in [0, 0.05) is 10.5 Å². The van der Waals surface area contributed by atoms with Crippen molar-refractivity contribution in [2.24, 2.45) is 5.11 Å². The zero-order chi connectivity index (χ0) is 13.4. The zero-order valence-corrected chi connectivity index (χ0v) is 10.2. The normalized spacial score (nSPS) is 10.4. The molecule has 0 amide bonds. The predicted molar refractivity (Wildman–Crippen MR) is 66.8 cm³/mol. The molecular weight excluding hydrogens is 234 g/mol. The smallest absolute Gasteiger partial charge is 0.340 e. The van der Waals surface area contributed by atoms with Gasteiger partial charge in [-0.25, -0.2) is 4.79 Å². The molecule has 0 bridgehead atoms. The number of nitrogens with zero attached hydrogens (tertiary/aromatic N) is 3. The van der Waals surface area contributed by atoms with Crippen LogP contribution in [0.1, 0.15) is 12.5 Å². The Morgan fingerprint density at radius 2 is 2.22 bits per heavy atom. The van der Waals surface area contributed by atoms with E-state index in [2.05, 4.69) is 10.0 Å². The molecule has 0 atom stereocenters. The maximum absolute atomic E-state index is 11.5. The molecule has 1 rings (SSSR count). The largest absolute Gasteiger partial charge is 0.496 e. The standard InChI is InChI=1S/C12H13N3O3/c1-3-18-12(16)10(14-15-13)8-9-6-4-5-7-11(9)17-2/h4-8H,3H2,1-2H3/b10-8+. The van der Waals surface area contributed by atoms with Crippen molar-refractivity contribution >= 4 is 12.0 Å². The lowest BCUT2D eigenvalue weighted by molar-refractivity contribution is -0.138. The fourth-order valence-electron chi connectivity index (χ4n) is 1.31. The molecule has 0 aliphatic rings. The van der Waals surface area contributed by atoms with E-state index in [0.717, 1.165) is 0 Å². The number of methoxy groups -OCH3 is 1. The number of hydrogen-bond donors (Lipinski definition) is 0. The Morgan fingerprint density at radius 3 is 2.83 bits per heavy atom. The molecule has 0 radical (unpaired) electrons. The first-order chi connectivity index (χ1) is 8.72. The molecule has 0 saturated carbocycles. The van der Waals surface area contributed by atoms with Crippen molar-refractivity contribution < 1.29 is 14.3 Å². The maximum Gasteiger partial charge on any atom is 0.340 e. The van der Waals surface area contributed by atoms with Gasteiger partial charge in [0.25, 0.3) is 0 Å². The highest BCUT2D eigenvalue weighted by atomic mass is 16.5. The van der Waals surface area contributed by atoms with Crippen molar-refractivity contribution in [3.05, 3.63) is 46.0 Å². The average molecular weight is 247 g/mol. The van der Waals surface area contributed by atoms with Crippen LogP contribution in [-0.2, 0) is 9.53 Å². The Kier molecular flexibility index (Phi) is 5.28. The summed E-state index contributed by atoms with van der Waals surface area (Å²) in [6, 6.07) is 7.07. The van der Waals surface area contributed by atoms with Crippen molar-refractivity contribution in [3.8, 4) is 5.75 Å². The number of benzene rings is 1. The third kappa shape index (κ3) is 3.54. The molecular formula is C12H13N3O3. The molecule has 0 N–H and O–H groups in total. The SMILES string of the molecule is CCOC(=O)/C(=C\c1ccccc1OC)N=[N+]=[N-]. The summed E-state index contributed by atoms with van der Waals surface area (Å²) in [5, 5.41) is 3.32. The number of carbonyl (C=O) groups is 1. The van der Waals surface area contributed by atoms with Gasteiger partial charge >= 0.3 is 5.97 Å². The second kappa shape index (κ2) is 6.98. The van der Waals surface area contributed by atoms with E-state index in [1.807, 2.05) is 0 Å². The lowest BCUT2D eigenvalue weighted by atomic mass is 10.1. The number of para-hydroxylation sites is 1. The van der Waals surface area contributed by atoms with Crippen LogP contribution in [0.4, 0.5) is 0 Å². The second-order valence-electron chi connectivity index (χ2n) is 3.18. The first kappa shape index (κ1) is 13.6. The van der Waals surface area contributed by atoms with Crippen LogP contribution in [0.3, 0.4) is 0 Å². The topological polar surface area (TPSA) is 84.3 Å². The van der Waals surface area contributed by atoms with E-state index in [1.54, 1.807) is 31.2 Å². The van der Waals surface area contributed by atoms with E-state index in [0.29, 0.717) is 11.3 Å². The number of carbonyl (C=O) groups excluding carboxylic acids is 1. The second-order valence-corrected chi connectivity index (χ2v) is 3.18. The Hall–Kier alpha value is -2.46. The summed E-state index contributed by atoms with van der Waals surface area (Å²) >= 11 is 0. The van der Waals surface area contributed by atoms with Crippen LogP contribution in [0.2, 0.25) is 0 Å². The molecule has 0 heterocycles. The minimum absolute atomic E-state index is 0.108. The van der Waals surface area contributed by atoms with E-state index in [4.69, 9.17) is 15.0 Å². The summed E-state index contributed by atoms with van der Waals surface area (Å²) in [5.74, 6) is -0.0892. The van der Waals surface area contributed by atoms with Crippen molar-refractivity contribution in [3.63, 3.8) is 0 Å². The Bertz CT molecular complexity index is 505. The number of azide groups is 1. The fraction of sp³-hybridized carbons (Fsp3) is 0.250. The zero-order valence-electron chi connectivity index (χ0n) is 10.2. The van der Waals surface area contributed by atoms with E-state index in [9.17, 15) is 4.79 Å². The Labute approximate surface area is 104 Å². The number of rotatable bonds is 5. The van der Waals surface area contributed by atoms with Gasteiger partial charge in [0.1, 0.15) is 11.4 Å². The van der Waals surface area contributed by atoms with Gasteiger partial charge in [-0.2, -0.15) is 0 Å². The van der Waals surface area contributed by atoms with Crippen molar-refractivity contribution in [2.75, 3.05) is 13.7 Å². The molecule has 0 unspecified atom stereocenters. The molecule has 18 heavy (non-hydrogen) atoms. The van der Waals surface area contributed by atoms with Gasteiger partial charge in [-0.05, 0) is 24.6 Å². The number of ether oxygens (including phenoxy) is 2. The average Bonchev–Trinajstić information content (AvgIpc) is 2.39. The molecule has 1 aromatic rings. The molecule has 0 aromatic heterocycles. The third-order valence-electron chi connectivity index (χ3n) is 2.07. The highest BCUT2D eigenvalue weighted by Gasteiger charge is 2.10. The van der Waals surface area contributed by atoms with Gasteiger partial charge in [-0.1, -0.05) is 23.3 Å². The van der Waals surface area contributed by atoms with E-state index >= 15 is 0 Å². The quantitative estimate of drug-likeness (QED) is 0.263. The first-order valence-corrected chi connectivity index (χ1v) is 5.29. The van der Waals surface area contributed by atoms with Gasteiger partial charge in [-0.15, -0.1) is 0 Å². The lowest BCUT2D eigenvalue weighted by Gasteiger charge is -2.05. The highest BCUT2D eigenvalue weighted by Crippen LogP contribution is 2.21. The summed E-state index contributed by atoms with van der Waals surface area (Å²) in [6.45, 7) is 1.89. The van der Waals surface area contributed by atoms with Crippen molar-refractivity contribution in [2.45, 2.75) is 6.92 Å². The molecule has 0 saturated heterocycles. The molecule has 6 nitrogen and oxygen atoms in total. The Balaban J connectivity index is 3.15. The van der Waals surface area contributed by atoms with Gasteiger partial charge < -0.3 is 9.47 Å². The predicted octanol–water partition coefficient (Wildman–Crippen LogP) is 2.91. The van der Waals surface area contributed by atoms with E-state index in [1.165, 1.54) is 13.2 Å². The maximum atomic E-state index is 11.5. The van der Waals surface area contributed by atoms with Gasteiger partial charge in [-0.3, -0.25) is 0 Å². The van der Waals surface area contributed by atoms with Crippen LogP contribution >= 0.6 is 0 Å². The van der Waals surface area contributed by atoms with Crippen LogP contribution in [0.5, 0.6) is 5.75 Å². The summed E-state index contributed by atoms with van der Waals surface area (Å²) in [4.78, 5) is 14.1. The van der Waals surface area contributed by atoms with Crippen LogP contribution < -0.4 is 4.74 Å². The first-order valence-electron chi connectivity index (χ1n) is 5.29. The third-order valence-corrected chi connectivity index (χ3v) is 2.07. The van der Waals surface area contributed by atoms with E-state index < -0.39 is 5.97 Å². The molecule has 6 heteroatoms. The molecule has 0 spiro atoms. The van der Waals surface area contributed by atoms with E-state index in [-0.39, 0.29) is 12.3 Å². The van der Waals surface area contributed by atoms with Crippen molar-refractivity contribution in [1.82, 2.24) is 0 Å². The minimum Gasteiger partial charge on any atom is -0.496 e. The molecule has 0 aliphatic carbocycles. The summed E-state index contributed by atoms with van der Waals surface area (Å²) in [7, 11) is 1.52. The van der Waals surface area contributed by atoms with Crippen LogP contribution in [0.15, 0.2) is 35.1 Å². The minimum atomic E-state index is -0.666. The van der Waals surface area contributed by atoms with Gasteiger partial charge in [0.05, 0.1) is 13.7 Å². The Morgan fingerprint density at radius 1 is 1.50 bits per heavy atom.